The highest BCUT2D eigenvalue weighted by atomic mass is 35.5. The number of aromatic carboxylic acids is 1. The Morgan fingerprint density at radius 1 is 1.18 bits per heavy atom. The van der Waals surface area contributed by atoms with Crippen molar-refractivity contribution < 1.29 is 19.2 Å². The lowest BCUT2D eigenvalue weighted by Crippen LogP contribution is -2.63. The van der Waals surface area contributed by atoms with Gasteiger partial charge in [-0.2, -0.15) is 0 Å². The monoisotopic (exact) mass is 565 g/mol. The maximum atomic E-state index is 11.5. The molecule has 2 aliphatic carbocycles. The quantitative estimate of drug-likeness (QED) is 0.244. The largest absolute Gasteiger partial charge is 0.478 e. The van der Waals surface area contributed by atoms with Crippen LogP contribution in [-0.2, 0) is 18.4 Å². The second kappa shape index (κ2) is 9.29. The molecule has 0 radical (unpaired) electrons. The van der Waals surface area contributed by atoms with Gasteiger partial charge < -0.3 is 23.8 Å². The zero-order chi connectivity index (χ0) is 26.9. The number of anilines is 1. The molecule has 202 valence electrons. The van der Waals surface area contributed by atoms with E-state index in [0.29, 0.717) is 57.3 Å². The molecule has 0 amide bonds. The van der Waals surface area contributed by atoms with Crippen LogP contribution in [0.3, 0.4) is 0 Å². The summed E-state index contributed by atoms with van der Waals surface area (Å²) in [7, 11) is 1.89. The average molecular weight is 566 g/mol. The van der Waals surface area contributed by atoms with Crippen molar-refractivity contribution in [3.63, 3.8) is 0 Å². The summed E-state index contributed by atoms with van der Waals surface area (Å²) < 4.78 is 13.9. The summed E-state index contributed by atoms with van der Waals surface area (Å²) >= 11 is 13.0. The fourth-order valence-electron chi connectivity index (χ4n) is 6.60. The van der Waals surface area contributed by atoms with Gasteiger partial charge in [0.25, 0.3) is 0 Å². The SMILES string of the molecule is Cn1cc(C(=O)O)c2ccc(N3CC4(CC(COCc5c(-c6c(Cl)cccc6Cl)noc5C5CC5)C4)C3)cc21. The van der Waals surface area contributed by atoms with Gasteiger partial charge in [-0.1, -0.05) is 34.4 Å². The van der Waals surface area contributed by atoms with Crippen molar-refractivity contribution in [2.45, 2.75) is 38.2 Å². The summed E-state index contributed by atoms with van der Waals surface area (Å²) in [5.74, 6) is 0.962. The maximum absolute atomic E-state index is 11.5. The Bertz CT molecular complexity index is 1570. The van der Waals surface area contributed by atoms with E-state index in [1.54, 1.807) is 6.20 Å². The number of ether oxygens (including phenoxy) is 1. The molecule has 0 bridgehead atoms. The molecule has 2 aromatic heterocycles. The van der Waals surface area contributed by atoms with Crippen LogP contribution in [0.5, 0.6) is 0 Å². The van der Waals surface area contributed by atoms with Crippen LogP contribution in [0.15, 0.2) is 47.1 Å². The van der Waals surface area contributed by atoms with Crippen molar-refractivity contribution in [3.8, 4) is 11.3 Å². The third kappa shape index (κ3) is 4.31. The van der Waals surface area contributed by atoms with E-state index >= 15 is 0 Å². The van der Waals surface area contributed by atoms with Crippen molar-refractivity contribution in [1.29, 1.82) is 0 Å². The minimum atomic E-state index is -0.893. The van der Waals surface area contributed by atoms with Gasteiger partial charge in [0, 0.05) is 66.5 Å². The number of hydrogen-bond acceptors (Lipinski definition) is 5. The first-order valence-electron chi connectivity index (χ1n) is 13.4. The van der Waals surface area contributed by atoms with Crippen LogP contribution in [0.1, 0.15) is 53.3 Å². The number of benzene rings is 2. The smallest absolute Gasteiger partial charge is 0.337 e. The molecule has 9 heteroatoms. The highest BCUT2D eigenvalue weighted by Crippen LogP contribution is 2.53. The topological polar surface area (TPSA) is 80.7 Å². The Labute approximate surface area is 236 Å². The second-order valence-corrected chi connectivity index (χ2v) is 12.4. The Morgan fingerprint density at radius 3 is 2.62 bits per heavy atom. The molecule has 7 nitrogen and oxygen atoms in total. The van der Waals surface area contributed by atoms with Crippen molar-refractivity contribution in [1.82, 2.24) is 9.72 Å². The van der Waals surface area contributed by atoms with Gasteiger partial charge in [0.1, 0.15) is 11.5 Å². The summed E-state index contributed by atoms with van der Waals surface area (Å²) in [6.45, 7) is 3.20. The van der Waals surface area contributed by atoms with Gasteiger partial charge in [0.2, 0.25) is 0 Å². The van der Waals surface area contributed by atoms with Crippen LogP contribution in [0, 0.1) is 11.3 Å². The van der Waals surface area contributed by atoms with Crippen LogP contribution in [-0.4, -0.2) is 40.5 Å². The molecular weight excluding hydrogens is 537 g/mol. The fourth-order valence-corrected chi connectivity index (χ4v) is 7.18. The summed E-state index contributed by atoms with van der Waals surface area (Å²) in [6.07, 6.45) is 6.21. The summed E-state index contributed by atoms with van der Waals surface area (Å²) in [6, 6.07) is 11.5. The Kier molecular flexibility index (Phi) is 5.95. The molecule has 1 spiro atoms. The maximum Gasteiger partial charge on any atom is 0.337 e. The third-order valence-electron chi connectivity index (χ3n) is 8.63. The highest BCUT2D eigenvalue weighted by molar-refractivity contribution is 6.39. The fraction of sp³-hybridized carbons (Fsp3) is 0.400. The van der Waals surface area contributed by atoms with E-state index in [4.69, 9.17) is 32.5 Å². The lowest BCUT2D eigenvalue weighted by molar-refractivity contribution is -0.0341. The Hall–Kier alpha value is -3.00. The highest BCUT2D eigenvalue weighted by Gasteiger charge is 2.52. The van der Waals surface area contributed by atoms with Crippen molar-refractivity contribution in [2.75, 3.05) is 24.6 Å². The molecule has 0 unspecified atom stereocenters. The molecule has 39 heavy (non-hydrogen) atoms. The van der Waals surface area contributed by atoms with Crippen molar-refractivity contribution in [2.24, 2.45) is 18.4 Å². The van der Waals surface area contributed by atoms with Crippen LogP contribution in [0.25, 0.3) is 22.2 Å². The molecular formula is C30H29Cl2N3O4. The number of hydrogen-bond donors (Lipinski definition) is 1. The van der Waals surface area contributed by atoms with E-state index in [1.165, 1.54) is 0 Å². The van der Waals surface area contributed by atoms with Crippen LogP contribution in [0.2, 0.25) is 10.0 Å². The zero-order valence-corrected chi connectivity index (χ0v) is 23.1. The first-order valence-corrected chi connectivity index (χ1v) is 14.2. The number of carbonyl (C=O) groups is 1. The molecule has 3 heterocycles. The molecule has 2 saturated carbocycles. The summed E-state index contributed by atoms with van der Waals surface area (Å²) in [4.78, 5) is 13.9. The number of rotatable bonds is 8. The van der Waals surface area contributed by atoms with Gasteiger partial charge in [-0.25, -0.2) is 4.79 Å². The van der Waals surface area contributed by atoms with Crippen molar-refractivity contribution >= 4 is 45.8 Å². The van der Waals surface area contributed by atoms with E-state index in [0.717, 1.165) is 66.7 Å². The first kappa shape index (κ1) is 25.0. The van der Waals surface area contributed by atoms with Gasteiger partial charge in [0.05, 0.1) is 27.7 Å². The number of aromatic nitrogens is 2. The number of carboxylic acid groups (broad SMARTS) is 1. The van der Waals surface area contributed by atoms with E-state index in [9.17, 15) is 9.90 Å². The second-order valence-electron chi connectivity index (χ2n) is 11.6. The van der Waals surface area contributed by atoms with Crippen molar-refractivity contribution in [3.05, 3.63) is 69.5 Å². The number of carboxylic acids is 1. The predicted molar refractivity (Wildman–Crippen MR) is 151 cm³/mol. The van der Waals surface area contributed by atoms with E-state index in [2.05, 4.69) is 16.1 Å². The third-order valence-corrected chi connectivity index (χ3v) is 9.26. The normalized spacial score (nSPS) is 18.5. The van der Waals surface area contributed by atoms with E-state index in [-0.39, 0.29) is 0 Å². The van der Waals surface area contributed by atoms with Gasteiger partial charge in [-0.15, -0.1) is 0 Å². The molecule has 3 fully saturated rings. The molecule has 3 aliphatic rings. The number of fused-ring (bicyclic) bond motifs is 1. The molecule has 2 aromatic carbocycles. The zero-order valence-electron chi connectivity index (χ0n) is 21.6. The number of nitrogens with zero attached hydrogens (tertiary/aromatic N) is 3. The van der Waals surface area contributed by atoms with E-state index in [1.807, 2.05) is 41.9 Å². The minimum Gasteiger partial charge on any atom is -0.478 e. The molecule has 1 N–H and O–H groups in total. The summed E-state index contributed by atoms with van der Waals surface area (Å²) in [5, 5.41) is 15.7. The average Bonchev–Trinajstić information content (AvgIpc) is 3.54. The van der Waals surface area contributed by atoms with Gasteiger partial charge in [-0.3, -0.25) is 0 Å². The molecule has 4 aromatic rings. The number of halogens is 2. The van der Waals surface area contributed by atoms with Gasteiger partial charge in [0.15, 0.2) is 0 Å². The minimum absolute atomic E-state index is 0.346. The standard InChI is InChI=1S/C30H29Cl2N3O4/c1-34-12-21(29(36)37)20-8-7-19(9-25(20)34)35-15-30(16-35)10-17(11-30)13-38-14-22-27(33-39-28(22)18-5-6-18)26-23(31)3-2-4-24(26)32/h2-4,7-9,12,17-18H,5-6,10-11,13-16H2,1H3,(H,36,37). The van der Waals surface area contributed by atoms with E-state index < -0.39 is 5.97 Å². The predicted octanol–water partition coefficient (Wildman–Crippen LogP) is 7.15. The van der Waals surface area contributed by atoms with Gasteiger partial charge in [-0.05, 0) is 61.9 Å². The van der Waals surface area contributed by atoms with Crippen LogP contribution >= 0.6 is 23.2 Å². The Balaban J connectivity index is 0.966. The molecule has 0 atom stereocenters. The van der Waals surface area contributed by atoms with Gasteiger partial charge >= 0.3 is 5.97 Å². The summed E-state index contributed by atoms with van der Waals surface area (Å²) in [5.41, 5.74) is 5.17. The lowest BCUT2D eigenvalue weighted by atomic mass is 9.58. The molecule has 1 saturated heterocycles. The first-order chi connectivity index (χ1) is 18.8. The molecule has 1 aliphatic heterocycles. The molecule has 7 rings (SSSR count). The Morgan fingerprint density at radius 2 is 1.92 bits per heavy atom. The lowest BCUT2D eigenvalue weighted by Gasteiger charge is -2.60. The number of aryl methyl sites for hydroxylation is 1. The van der Waals surface area contributed by atoms with Crippen LogP contribution in [0.4, 0.5) is 5.69 Å². The van der Waals surface area contributed by atoms with Crippen LogP contribution < -0.4 is 4.90 Å².